The molecule has 2 aromatic rings. The number of nitrogens with one attached hydrogen (secondary N) is 1. The number of hydrogen-bond donors (Lipinski definition) is 1. The molecule has 170 valence electrons. The lowest BCUT2D eigenvalue weighted by Gasteiger charge is -2.35. The van der Waals surface area contributed by atoms with E-state index in [0.29, 0.717) is 62.4 Å². The number of halogens is 3. The van der Waals surface area contributed by atoms with E-state index in [1.807, 2.05) is 25.7 Å². The number of hydrogen-bond acceptors (Lipinski definition) is 5. The second-order valence-corrected chi connectivity index (χ2v) is 7.62. The topological polar surface area (TPSA) is 75.8 Å². The minimum absolute atomic E-state index is 0.194. The van der Waals surface area contributed by atoms with Gasteiger partial charge in [0, 0.05) is 25.4 Å². The molecule has 1 fully saturated rings. The highest BCUT2D eigenvalue weighted by atomic mass is 19.4. The summed E-state index contributed by atoms with van der Waals surface area (Å²) in [5, 5.41) is 7.19. The van der Waals surface area contributed by atoms with Crippen LogP contribution in [0.5, 0.6) is 0 Å². The van der Waals surface area contributed by atoms with Crippen molar-refractivity contribution in [3.63, 3.8) is 0 Å². The van der Waals surface area contributed by atoms with Gasteiger partial charge in [-0.15, -0.1) is 0 Å². The number of ether oxygens (including phenoxy) is 1. The van der Waals surface area contributed by atoms with Crippen molar-refractivity contribution in [2.75, 3.05) is 32.8 Å². The first-order chi connectivity index (χ1) is 14.8. The predicted octanol–water partition coefficient (Wildman–Crippen LogP) is 3.79. The van der Waals surface area contributed by atoms with Crippen molar-refractivity contribution in [2.24, 2.45) is 4.99 Å². The fourth-order valence-electron chi connectivity index (χ4n) is 3.25. The van der Waals surface area contributed by atoms with E-state index in [2.05, 4.69) is 20.4 Å². The van der Waals surface area contributed by atoms with Crippen molar-refractivity contribution in [3.05, 3.63) is 47.1 Å². The van der Waals surface area contributed by atoms with E-state index in [-0.39, 0.29) is 5.92 Å². The maximum absolute atomic E-state index is 13.1. The van der Waals surface area contributed by atoms with E-state index in [1.165, 1.54) is 6.07 Å². The monoisotopic (exact) mass is 439 g/mol. The van der Waals surface area contributed by atoms with Gasteiger partial charge in [0.2, 0.25) is 5.89 Å². The molecule has 1 aliphatic heterocycles. The maximum atomic E-state index is 13.1. The van der Waals surface area contributed by atoms with Crippen molar-refractivity contribution >= 4 is 5.96 Å². The molecule has 0 radical (unpaired) electrons. The Morgan fingerprint density at radius 1 is 1.35 bits per heavy atom. The third-order valence-corrected chi connectivity index (χ3v) is 4.87. The molecule has 0 aliphatic carbocycles. The Hall–Kier alpha value is -2.62. The Kier molecular flexibility index (Phi) is 7.53. The Balaban J connectivity index is 1.67. The van der Waals surface area contributed by atoms with Gasteiger partial charge in [-0.3, -0.25) is 4.99 Å². The average Bonchev–Trinajstić information content (AvgIpc) is 3.22. The van der Waals surface area contributed by atoms with E-state index < -0.39 is 17.8 Å². The van der Waals surface area contributed by atoms with Gasteiger partial charge in [-0.05, 0) is 24.6 Å². The van der Waals surface area contributed by atoms with E-state index in [1.54, 1.807) is 6.07 Å². The quantitative estimate of drug-likeness (QED) is 0.545. The normalized spacial score (nSPS) is 18.0. The molecule has 1 unspecified atom stereocenters. The first kappa shape index (κ1) is 23.1. The molecule has 0 bridgehead atoms. The molecule has 2 heterocycles. The number of nitrogens with zero attached hydrogens (tertiary/aromatic N) is 4. The van der Waals surface area contributed by atoms with Gasteiger partial charge < -0.3 is 19.5 Å². The number of guanidine groups is 1. The fourth-order valence-corrected chi connectivity index (χ4v) is 3.25. The second kappa shape index (κ2) is 10.1. The highest BCUT2D eigenvalue weighted by molar-refractivity contribution is 5.80. The van der Waals surface area contributed by atoms with Crippen LogP contribution in [0.15, 0.2) is 33.8 Å². The molecule has 1 aromatic heterocycles. The van der Waals surface area contributed by atoms with Crippen LogP contribution in [0.2, 0.25) is 0 Å². The summed E-state index contributed by atoms with van der Waals surface area (Å²) in [4.78, 5) is 11.0. The summed E-state index contributed by atoms with van der Waals surface area (Å²) in [5.41, 5.74) is -0.172. The summed E-state index contributed by atoms with van der Waals surface area (Å²) < 4.78 is 50.2. The average molecular weight is 439 g/mol. The summed E-state index contributed by atoms with van der Waals surface area (Å²) in [6, 6.07) is 5.29. The van der Waals surface area contributed by atoms with E-state index in [4.69, 9.17) is 9.26 Å². The first-order valence-corrected chi connectivity index (χ1v) is 10.4. The molecule has 1 aromatic carbocycles. The maximum Gasteiger partial charge on any atom is 0.416 e. The highest BCUT2D eigenvalue weighted by Gasteiger charge is 2.32. The van der Waals surface area contributed by atoms with Crippen LogP contribution < -0.4 is 5.32 Å². The first-order valence-electron chi connectivity index (χ1n) is 10.4. The van der Waals surface area contributed by atoms with Gasteiger partial charge in [-0.1, -0.05) is 31.1 Å². The van der Waals surface area contributed by atoms with Crippen molar-refractivity contribution in [1.29, 1.82) is 0 Å². The molecule has 1 atom stereocenters. The molecule has 1 saturated heterocycles. The molecule has 0 amide bonds. The molecule has 1 N–H and O–H groups in total. The fraction of sp³-hybridized carbons (Fsp3) is 0.571. The van der Waals surface area contributed by atoms with E-state index >= 15 is 0 Å². The van der Waals surface area contributed by atoms with Gasteiger partial charge in [0.1, 0.15) is 6.10 Å². The van der Waals surface area contributed by atoms with Crippen LogP contribution in [-0.2, 0) is 17.3 Å². The standard InChI is InChI=1S/C21H28F3N5O2/c1-4-25-20(26-9-8-18-27-19(14(2)3)28-31-18)29-10-11-30-17(13-29)15-6-5-7-16(12-15)21(22,23)24/h5-7,12,14,17H,4,8-11,13H2,1-3H3,(H,25,26). The lowest BCUT2D eigenvalue weighted by molar-refractivity contribution is -0.137. The van der Waals surface area contributed by atoms with Crippen molar-refractivity contribution < 1.29 is 22.4 Å². The van der Waals surface area contributed by atoms with Crippen LogP contribution in [0.1, 0.15) is 55.6 Å². The predicted molar refractivity (Wildman–Crippen MR) is 110 cm³/mol. The third kappa shape index (κ3) is 6.19. The number of morpholine rings is 1. The molecular weight excluding hydrogens is 411 g/mol. The molecule has 7 nitrogen and oxygen atoms in total. The van der Waals surface area contributed by atoms with E-state index in [0.717, 1.165) is 12.1 Å². The minimum atomic E-state index is -4.38. The largest absolute Gasteiger partial charge is 0.416 e. The number of rotatable bonds is 6. The summed E-state index contributed by atoms with van der Waals surface area (Å²) in [7, 11) is 0. The Morgan fingerprint density at radius 2 is 2.16 bits per heavy atom. The van der Waals surface area contributed by atoms with Crippen LogP contribution in [0, 0.1) is 0 Å². The third-order valence-electron chi connectivity index (χ3n) is 4.87. The molecule has 31 heavy (non-hydrogen) atoms. The van der Waals surface area contributed by atoms with Crippen LogP contribution in [-0.4, -0.2) is 53.8 Å². The van der Waals surface area contributed by atoms with Crippen molar-refractivity contribution in [1.82, 2.24) is 20.4 Å². The number of aromatic nitrogens is 2. The molecule has 0 spiro atoms. The Bertz CT molecular complexity index is 882. The Labute approximate surface area is 179 Å². The van der Waals surface area contributed by atoms with Gasteiger partial charge in [0.25, 0.3) is 0 Å². The molecule has 0 saturated carbocycles. The minimum Gasteiger partial charge on any atom is -0.370 e. The smallest absolute Gasteiger partial charge is 0.370 e. The van der Waals surface area contributed by atoms with Crippen LogP contribution >= 0.6 is 0 Å². The molecule has 10 heteroatoms. The van der Waals surface area contributed by atoms with E-state index in [9.17, 15) is 13.2 Å². The summed E-state index contributed by atoms with van der Waals surface area (Å²) in [6.07, 6.45) is -4.34. The lowest BCUT2D eigenvalue weighted by Crippen LogP contribution is -2.48. The van der Waals surface area contributed by atoms with Crippen molar-refractivity contribution in [2.45, 2.75) is 45.4 Å². The SMILES string of the molecule is CCNC(=NCCc1nc(C(C)C)no1)N1CCOC(c2cccc(C(F)(F)F)c2)C1. The lowest BCUT2D eigenvalue weighted by atomic mass is 10.0. The van der Waals surface area contributed by atoms with Gasteiger partial charge in [-0.25, -0.2) is 0 Å². The van der Waals surface area contributed by atoms with Crippen LogP contribution in [0.3, 0.4) is 0 Å². The van der Waals surface area contributed by atoms with Gasteiger partial charge in [0.15, 0.2) is 11.8 Å². The molecule has 3 rings (SSSR count). The van der Waals surface area contributed by atoms with Gasteiger partial charge in [0.05, 0.1) is 25.3 Å². The molecular formula is C21H28F3N5O2. The Morgan fingerprint density at radius 3 is 2.84 bits per heavy atom. The van der Waals surface area contributed by atoms with Crippen LogP contribution in [0.25, 0.3) is 0 Å². The summed E-state index contributed by atoms with van der Waals surface area (Å²) >= 11 is 0. The molecule has 1 aliphatic rings. The van der Waals surface area contributed by atoms with Gasteiger partial charge in [-0.2, -0.15) is 18.2 Å². The highest BCUT2D eigenvalue weighted by Crippen LogP contribution is 2.32. The zero-order valence-electron chi connectivity index (χ0n) is 17.9. The van der Waals surface area contributed by atoms with Crippen LogP contribution in [0.4, 0.5) is 13.2 Å². The summed E-state index contributed by atoms with van der Waals surface area (Å²) in [5.74, 6) is 2.08. The van der Waals surface area contributed by atoms with Crippen molar-refractivity contribution in [3.8, 4) is 0 Å². The zero-order chi connectivity index (χ0) is 22.4. The summed E-state index contributed by atoms with van der Waals surface area (Å²) in [6.45, 7) is 8.48. The van der Waals surface area contributed by atoms with Gasteiger partial charge >= 0.3 is 6.18 Å². The number of aliphatic imine (C=N–C) groups is 1. The number of benzene rings is 1. The second-order valence-electron chi connectivity index (χ2n) is 7.62. The zero-order valence-corrected chi connectivity index (χ0v) is 17.9. The number of alkyl halides is 3.